The number of likely N-dealkylation sites (tertiary alicyclic amines) is 1. The summed E-state index contributed by atoms with van der Waals surface area (Å²) in [6, 6.07) is 11.9. The number of anilines is 1. The SMILES string of the molecule is COc1cccc(-c2noc(C3CCCN3C(=O)Nc3cc(Cl)ccc3OC)n2)c1. The van der Waals surface area contributed by atoms with Crippen molar-refractivity contribution < 1.29 is 18.8 Å². The lowest BCUT2D eigenvalue weighted by Gasteiger charge is -2.23. The highest BCUT2D eigenvalue weighted by Crippen LogP contribution is 2.34. The second-order valence-corrected chi connectivity index (χ2v) is 7.25. The molecule has 2 aromatic carbocycles. The first kappa shape index (κ1) is 20.0. The fraction of sp³-hybridized carbons (Fsp3) is 0.286. The van der Waals surface area contributed by atoms with Crippen LogP contribution in [0.1, 0.15) is 24.8 Å². The Hall–Kier alpha value is -3.26. The molecule has 1 saturated heterocycles. The van der Waals surface area contributed by atoms with Gasteiger partial charge in [0.25, 0.3) is 0 Å². The number of benzene rings is 2. The Morgan fingerprint density at radius 3 is 2.90 bits per heavy atom. The van der Waals surface area contributed by atoms with E-state index in [1.165, 1.54) is 7.11 Å². The largest absolute Gasteiger partial charge is 0.497 e. The number of aromatic nitrogens is 2. The van der Waals surface area contributed by atoms with Crippen molar-refractivity contribution in [3.8, 4) is 22.9 Å². The van der Waals surface area contributed by atoms with Gasteiger partial charge in [-0.3, -0.25) is 0 Å². The zero-order valence-corrected chi connectivity index (χ0v) is 17.3. The molecule has 2 heterocycles. The van der Waals surface area contributed by atoms with Gasteiger partial charge in [0, 0.05) is 17.1 Å². The lowest BCUT2D eigenvalue weighted by atomic mass is 10.2. The van der Waals surface area contributed by atoms with Crippen molar-refractivity contribution >= 4 is 23.3 Å². The summed E-state index contributed by atoms with van der Waals surface area (Å²) in [5.74, 6) is 2.09. The molecular formula is C21H21ClN4O4. The van der Waals surface area contributed by atoms with Crippen LogP contribution in [-0.4, -0.2) is 41.8 Å². The maximum Gasteiger partial charge on any atom is 0.322 e. The molecule has 1 N–H and O–H groups in total. The van der Waals surface area contributed by atoms with Crippen molar-refractivity contribution in [1.82, 2.24) is 15.0 Å². The van der Waals surface area contributed by atoms with Crippen molar-refractivity contribution in [3.63, 3.8) is 0 Å². The van der Waals surface area contributed by atoms with Gasteiger partial charge in [-0.05, 0) is 43.2 Å². The molecule has 1 unspecified atom stereocenters. The van der Waals surface area contributed by atoms with Gasteiger partial charge in [0.2, 0.25) is 11.7 Å². The van der Waals surface area contributed by atoms with Gasteiger partial charge < -0.3 is 24.2 Å². The van der Waals surface area contributed by atoms with Crippen LogP contribution in [0.5, 0.6) is 11.5 Å². The highest BCUT2D eigenvalue weighted by molar-refractivity contribution is 6.31. The predicted molar refractivity (Wildman–Crippen MR) is 112 cm³/mol. The smallest absolute Gasteiger partial charge is 0.322 e. The molecular weight excluding hydrogens is 408 g/mol. The summed E-state index contributed by atoms with van der Waals surface area (Å²) in [5.41, 5.74) is 1.28. The third-order valence-corrected chi connectivity index (χ3v) is 5.21. The summed E-state index contributed by atoms with van der Waals surface area (Å²) >= 11 is 6.06. The molecule has 1 aliphatic heterocycles. The monoisotopic (exact) mass is 428 g/mol. The molecule has 1 aliphatic rings. The quantitative estimate of drug-likeness (QED) is 0.629. The molecule has 0 saturated carbocycles. The highest BCUT2D eigenvalue weighted by atomic mass is 35.5. The number of rotatable bonds is 5. The average Bonchev–Trinajstić information content (AvgIpc) is 3.43. The van der Waals surface area contributed by atoms with E-state index in [1.54, 1.807) is 30.2 Å². The first-order valence-electron chi connectivity index (χ1n) is 9.48. The Balaban J connectivity index is 1.53. The van der Waals surface area contributed by atoms with Crippen LogP contribution in [-0.2, 0) is 0 Å². The number of hydrogen-bond donors (Lipinski definition) is 1. The molecule has 30 heavy (non-hydrogen) atoms. The van der Waals surface area contributed by atoms with Gasteiger partial charge in [0.15, 0.2) is 0 Å². The molecule has 8 nitrogen and oxygen atoms in total. The van der Waals surface area contributed by atoms with Crippen molar-refractivity contribution in [2.24, 2.45) is 0 Å². The molecule has 9 heteroatoms. The Bertz CT molecular complexity index is 1050. The minimum atomic E-state index is -0.304. The third kappa shape index (κ3) is 4.04. The standard InChI is InChI=1S/C21H21ClN4O4/c1-28-15-6-3-5-13(11-15)19-24-20(30-25-19)17-7-4-10-26(17)21(27)23-16-12-14(22)8-9-18(16)29-2/h3,5-6,8-9,11-12,17H,4,7,10H2,1-2H3,(H,23,27). The van der Waals surface area contributed by atoms with Gasteiger partial charge in [0.05, 0.1) is 19.9 Å². The molecule has 1 atom stereocenters. The van der Waals surface area contributed by atoms with E-state index < -0.39 is 0 Å². The van der Waals surface area contributed by atoms with E-state index >= 15 is 0 Å². The predicted octanol–water partition coefficient (Wildman–Crippen LogP) is 4.78. The van der Waals surface area contributed by atoms with Crippen LogP contribution in [0.25, 0.3) is 11.4 Å². The Morgan fingerprint density at radius 2 is 2.10 bits per heavy atom. The van der Waals surface area contributed by atoms with Crippen LogP contribution < -0.4 is 14.8 Å². The van der Waals surface area contributed by atoms with Crippen molar-refractivity contribution in [2.75, 3.05) is 26.1 Å². The van der Waals surface area contributed by atoms with Crippen molar-refractivity contribution in [1.29, 1.82) is 0 Å². The Kier molecular flexibility index (Phi) is 5.76. The van der Waals surface area contributed by atoms with Crippen LogP contribution in [0.4, 0.5) is 10.5 Å². The lowest BCUT2D eigenvalue weighted by Crippen LogP contribution is -2.34. The number of amides is 2. The van der Waals surface area contributed by atoms with E-state index in [2.05, 4.69) is 15.5 Å². The van der Waals surface area contributed by atoms with Crippen LogP contribution in [0.3, 0.4) is 0 Å². The summed E-state index contributed by atoms with van der Waals surface area (Å²) in [6.45, 7) is 0.580. The molecule has 2 amide bonds. The van der Waals surface area contributed by atoms with E-state index in [4.69, 9.17) is 25.6 Å². The molecule has 0 radical (unpaired) electrons. The molecule has 1 aromatic heterocycles. The summed E-state index contributed by atoms with van der Waals surface area (Å²) in [7, 11) is 3.14. The lowest BCUT2D eigenvalue weighted by molar-refractivity contribution is 0.193. The molecule has 1 fully saturated rings. The van der Waals surface area contributed by atoms with Gasteiger partial charge in [-0.2, -0.15) is 4.98 Å². The van der Waals surface area contributed by atoms with Gasteiger partial charge in [-0.15, -0.1) is 0 Å². The van der Waals surface area contributed by atoms with E-state index in [0.29, 0.717) is 40.5 Å². The van der Waals surface area contributed by atoms with Gasteiger partial charge in [0.1, 0.15) is 17.5 Å². The van der Waals surface area contributed by atoms with Crippen molar-refractivity contribution in [3.05, 3.63) is 53.4 Å². The third-order valence-electron chi connectivity index (χ3n) is 4.97. The zero-order chi connectivity index (χ0) is 21.1. The fourth-order valence-electron chi connectivity index (χ4n) is 3.48. The second kappa shape index (κ2) is 8.62. The van der Waals surface area contributed by atoms with E-state index in [9.17, 15) is 4.79 Å². The summed E-state index contributed by atoms with van der Waals surface area (Å²) in [4.78, 5) is 19.2. The maximum absolute atomic E-state index is 12.9. The minimum Gasteiger partial charge on any atom is -0.497 e. The number of carbonyl (C=O) groups excluding carboxylic acids is 1. The second-order valence-electron chi connectivity index (χ2n) is 6.81. The van der Waals surface area contributed by atoms with E-state index in [0.717, 1.165) is 18.4 Å². The summed E-state index contributed by atoms with van der Waals surface area (Å²) in [5, 5.41) is 7.46. The van der Waals surface area contributed by atoms with Crippen LogP contribution >= 0.6 is 11.6 Å². The van der Waals surface area contributed by atoms with Gasteiger partial charge >= 0.3 is 6.03 Å². The summed E-state index contributed by atoms with van der Waals surface area (Å²) in [6.07, 6.45) is 1.57. The Labute approximate surface area is 178 Å². The molecule has 0 aliphatic carbocycles. The minimum absolute atomic E-state index is 0.279. The number of nitrogens with zero attached hydrogens (tertiary/aromatic N) is 3. The number of carbonyl (C=O) groups is 1. The fourth-order valence-corrected chi connectivity index (χ4v) is 3.65. The first-order valence-corrected chi connectivity index (χ1v) is 9.86. The van der Waals surface area contributed by atoms with Crippen LogP contribution in [0, 0.1) is 0 Å². The zero-order valence-electron chi connectivity index (χ0n) is 16.6. The van der Waals surface area contributed by atoms with Crippen LogP contribution in [0.15, 0.2) is 47.0 Å². The number of methoxy groups -OCH3 is 2. The number of hydrogen-bond acceptors (Lipinski definition) is 6. The first-order chi connectivity index (χ1) is 14.6. The molecule has 0 spiro atoms. The molecule has 0 bridgehead atoms. The topological polar surface area (TPSA) is 89.7 Å². The van der Waals surface area contributed by atoms with E-state index in [-0.39, 0.29) is 12.1 Å². The van der Waals surface area contributed by atoms with E-state index in [1.807, 2.05) is 24.3 Å². The maximum atomic E-state index is 12.9. The highest BCUT2D eigenvalue weighted by Gasteiger charge is 2.34. The average molecular weight is 429 g/mol. The number of nitrogens with one attached hydrogen (secondary N) is 1. The van der Waals surface area contributed by atoms with Crippen molar-refractivity contribution in [2.45, 2.75) is 18.9 Å². The van der Waals surface area contributed by atoms with Crippen LogP contribution in [0.2, 0.25) is 5.02 Å². The molecule has 156 valence electrons. The summed E-state index contributed by atoms with van der Waals surface area (Å²) < 4.78 is 16.1. The Morgan fingerprint density at radius 1 is 1.23 bits per heavy atom. The van der Waals surface area contributed by atoms with Gasteiger partial charge in [-0.25, -0.2) is 4.79 Å². The number of ether oxygens (including phenoxy) is 2. The molecule has 4 rings (SSSR count). The number of halogens is 1. The van der Waals surface area contributed by atoms with Gasteiger partial charge in [-0.1, -0.05) is 28.9 Å². The number of urea groups is 1. The normalized spacial score (nSPS) is 15.8. The molecule has 3 aromatic rings.